The molecule has 3 rings (SSSR count). The summed E-state index contributed by atoms with van der Waals surface area (Å²) in [7, 11) is 1.63. The van der Waals surface area contributed by atoms with Gasteiger partial charge in [0, 0.05) is 17.5 Å². The van der Waals surface area contributed by atoms with Gasteiger partial charge in [0.1, 0.15) is 12.4 Å². The second kappa shape index (κ2) is 8.31. The molecule has 0 N–H and O–H groups in total. The Bertz CT molecular complexity index is 928. The van der Waals surface area contributed by atoms with Crippen molar-refractivity contribution in [1.29, 1.82) is 0 Å². The monoisotopic (exact) mass is 387 g/mol. The molecule has 1 atom stereocenters. The molecule has 140 valence electrons. The highest BCUT2D eigenvalue weighted by Crippen LogP contribution is 2.24. The number of hydrogen-bond acceptors (Lipinski definition) is 3. The molecule has 0 aliphatic carbocycles. The second-order valence-electron chi connectivity index (χ2n) is 6.16. The number of nitrogens with zero attached hydrogens (tertiary/aromatic N) is 1. The lowest BCUT2D eigenvalue weighted by atomic mass is 10.1. The fraction of sp³-hybridized carbons (Fsp3) is 0.190. The molecule has 0 aliphatic heterocycles. The minimum absolute atomic E-state index is 0.228. The van der Waals surface area contributed by atoms with Gasteiger partial charge in [0.25, 0.3) is 5.91 Å². The van der Waals surface area contributed by atoms with E-state index < -0.39 is 17.7 Å². The Balaban J connectivity index is 1.72. The van der Waals surface area contributed by atoms with Crippen molar-refractivity contribution in [1.82, 2.24) is 4.90 Å². The predicted octanol–water partition coefficient (Wildman–Crippen LogP) is 5.44. The first-order valence-electron chi connectivity index (χ1n) is 8.43. The highest BCUT2D eigenvalue weighted by molar-refractivity contribution is 7.09. The van der Waals surface area contributed by atoms with Crippen LogP contribution in [-0.2, 0) is 6.61 Å². The van der Waals surface area contributed by atoms with Crippen LogP contribution in [-0.4, -0.2) is 17.9 Å². The number of carbonyl (C=O) groups excluding carboxylic acids is 1. The fourth-order valence-corrected chi connectivity index (χ4v) is 3.26. The van der Waals surface area contributed by atoms with Crippen LogP contribution in [0, 0.1) is 11.6 Å². The molecule has 0 saturated carbocycles. The first-order valence-corrected chi connectivity index (χ1v) is 9.31. The zero-order chi connectivity index (χ0) is 19.4. The smallest absolute Gasteiger partial charge is 0.254 e. The number of halogens is 2. The van der Waals surface area contributed by atoms with Crippen LogP contribution in [0.2, 0.25) is 0 Å². The lowest BCUT2D eigenvalue weighted by Crippen LogP contribution is -2.29. The number of benzene rings is 2. The number of hydrogen-bond donors (Lipinski definition) is 0. The summed E-state index contributed by atoms with van der Waals surface area (Å²) in [5, 5.41) is 1.98. The van der Waals surface area contributed by atoms with Crippen molar-refractivity contribution in [3.05, 3.63) is 87.6 Å². The normalized spacial score (nSPS) is 11.9. The average molecular weight is 387 g/mol. The molecule has 1 aromatic heterocycles. The van der Waals surface area contributed by atoms with E-state index in [9.17, 15) is 13.6 Å². The minimum Gasteiger partial charge on any atom is -0.488 e. The molecule has 0 saturated heterocycles. The Hall–Kier alpha value is -2.73. The van der Waals surface area contributed by atoms with Gasteiger partial charge in [0.15, 0.2) is 11.6 Å². The summed E-state index contributed by atoms with van der Waals surface area (Å²) in [6.45, 7) is 2.21. The summed E-state index contributed by atoms with van der Waals surface area (Å²) in [4.78, 5) is 15.4. The second-order valence-corrected chi connectivity index (χ2v) is 7.19. The van der Waals surface area contributed by atoms with Crippen LogP contribution in [0.5, 0.6) is 5.75 Å². The summed E-state index contributed by atoms with van der Waals surface area (Å²) in [5.41, 5.74) is 0.991. The van der Waals surface area contributed by atoms with E-state index in [2.05, 4.69) is 0 Å². The molecule has 0 radical (unpaired) electrons. The standard InChI is InChI=1S/C21H19F2NO2S/c1-14(15-8-9-19(22)20(23)12-15)24(2)21(25)16-5-3-6-17(11-16)26-13-18-7-4-10-27-18/h3-12,14H,13H2,1-2H3. The highest BCUT2D eigenvalue weighted by Gasteiger charge is 2.20. The number of thiophene rings is 1. The van der Waals surface area contributed by atoms with Crippen molar-refractivity contribution in [2.45, 2.75) is 19.6 Å². The maximum Gasteiger partial charge on any atom is 0.254 e. The van der Waals surface area contributed by atoms with Gasteiger partial charge in [-0.15, -0.1) is 11.3 Å². The van der Waals surface area contributed by atoms with Crippen LogP contribution in [0.25, 0.3) is 0 Å². The largest absolute Gasteiger partial charge is 0.488 e. The Morgan fingerprint density at radius 3 is 2.63 bits per heavy atom. The van der Waals surface area contributed by atoms with Crippen molar-refractivity contribution in [2.75, 3.05) is 7.05 Å². The van der Waals surface area contributed by atoms with Crippen LogP contribution in [0.15, 0.2) is 60.0 Å². The molecule has 0 spiro atoms. The summed E-state index contributed by atoms with van der Waals surface area (Å²) in [6.07, 6.45) is 0. The molecule has 1 unspecified atom stereocenters. The van der Waals surface area contributed by atoms with E-state index in [1.165, 1.54) is 11.0 Å². The maximum atomic E-state index is 13.5. The molecule has 1 heterocycles. The lowest BCUT2D eigenvalue weighted by molar-refractivity contribution is 0.0742. The molecule has 6 heteroatoms. The third-order valence-electron chi connectivity index (χ3n) is 4.37. The van der Waals surface area contributed by atoms with Gasteiger partial charge in [0.05, 0.1) is 6.04 Å². The molecule has 0 bridgehead atoms. The molecule has 1 amide bonds. The number of ether oxygens (including phenoxy) is 1. The van der Waals surface area contributed by atoms with Crippen LogP contribution >= 0.6 is 11.3 Å². The van der Waals surface area contributed by atoms with Crippen molar-refractivity contribution in [3.63, 3.8) is 0 Å². The van der Waals surface area contributed by atoms with E-state index in [0.29, 0.717) is 23.5 Å². The Labute approximate surface area is 160 Å². The Kier molecular flexibility index (Phi) is 5.86. The number of carbonyl (C=O) groups is 1. The van der Waals surface area contributed by atoms with Gasteiger partial charge in [-0.1, -0.05) is 18.2 Å². The zero-order valence-electron chi connectivity index (χ0n) is 15.0. The third kappa shape index (κ3) is 4.52. The Morgan fingerprint density at radius 1 is 1.11 bits per heavy atom. The topological polar surface area (TPSA) is 29.5 Å². The van der Waals surface area contributed by atoms with Gasteiger partial charge in [0.2, 0.25) is 0 Å². The van der Waals surface area contributed by atoms with E-state index in [0.717, 1.165) is 17.0 Å². The van der Waals surface area contributed by atoms with E-state index in [1.807, 2.05) is 17.5 Å². The van der Waals surface area contributed by atoms with Crippen molar-refractivity contribution in [2.24, 2.45) is 0 Å². The van der Waals surface area contributed by atoms with E-state index in [1.54, 1.807) is 49.6 Å². The van der Waals surface area contributed by atoms with Gasteiger partial charge in [-0.3, -0.25) is 4.79 Å². The Morgan fingerprint density at radius 2 is 1.93 bits per heavy atom. The van der Waals surface area contributed by atoms with Crippen molar-refractivity contribution >= 4 is 17.2 Å². The molecule has 0 fully saturated rings. The van der Waals surface area contributed by atoms with Gasteiger partial charge in [-0.05, 0) is 54.3 Å². The summed E-state index contributed by atoms with van der Waals surface area (Å²) < 4.78 is 32.4. The molecular weight excluding hydrogens is 368 g/mol. The van der Waals surface area contributed by atoms with Crippen LogP contribution in [0.4, 0.5) is 8.78 Å². The SMILES string of the molecule is CC(c1ccc(F)c(F)c1)N(C)C(=O)c1cccc(OCc2cccs2)c1. The quantitative estimate of drug-likeness (QED) is 0.564. The van der Waals surface area contributed by atoms with Gasteiger partial charge >= 0.3 is 0 Å². The minimum atomic E-state index is -0.927. The number of amides is 1. The van der Waals surface area contributed by atoms with Gasteiger partial charge in [-0.25, -0.2) is 8.78 Å². The highest BCUT2D eigenvalue weighted by atomic mass is 32.1. The maximum absolute atomic E-state index is 13.5. The molecular formula is C21H19F2NO2S. The summed E-state index contributed by atoms with van der Waals surface area (Å²) in [6, 6.07) is 14.1. The first-order chi connectivity index (χ1) is 13.0. The van der Waals surface area contributed by atoms with Crippen LogP contribution < -0.4 is 4.74 Å². The molecule has 0 aliphatic rings. The average Bonchev–Trinajstić information content (AvgIpc) is 3.20. The molecule has 2 aromatic carbocycles. The van der Waals surface area contributed by atoms with E-state index in [4.69, 9.17) is 4.74 Å². The zero-order valence-corrected chi connectivity index (χ0v) is 15.8. The van der Waals surface area contributed by atoms with Crippen LogP contribution in [0.1, 0.15) is 33.8 Å². The predicted molar refractivity (Wildman–Crippen MR) is 102 cm³/mol. The lowest BCUT2D eigenvalue weighted by Gasteiger charge is -2.25. The number of rotatable bonds is 6. The van der Waals surface area contributed by atoms with E-state index in [-0.39, 0.29) is 5.91 Å². The van der Waals surface area contributed by atoms with Crippen molar-refractivity contribution < 1.29 is 18.3 Å². The third-order valence-corrected chi connectivity index (χ3v) is 5.22. The first kappa shape index (κ1) is 19.0. The fourth-order valence-electron chi connectivity index (χ4n) is 2.64. The van der Waals surface area contributed by atoms with Crippen molar-refractivity contribution in [3.8, 4) is 5.75 Å². The van der Waals surface area contributed by atoms with Crippen LogP contribution in [0.3, 0.4) is 0 Å². The molecule has 3 nitrogen and oxygen atoms in total. The van der Waals surface area contributed by atoms with E-state index >= 15 is 0 Å². The summed E-state index contributed by atoms with van der Waals surface area (Å²) >= 11 is 1.60. The molecule has 3 aromatic rings. The molecule has 27 heavy (non-hydrogen) atoms. The summed E-state index contributed by atoms with van der Waals surface area (Å²) in [5.74, 6) is -1.46. The van der Waals surface area contributed by atoms with Gasteiger partial charge in [-0.2, -0.15) is 0 Å². The van der Waals surface area contributed by atoms with Gasteiger partial charge < -0.3 is 9.64 Å².